The number of anilines is 1. The van der Waals surface area contributed by atoms with E-state index in [-0.39, 0.29) is 11.7 Å². The second-order valence-electron chi connectivity index (χ2n) is 6.94. The van der Waals surface area contributed by atoms with E-state index >= 15 is 0 Å². The van der Waals surface area contributed by atoms with Crippen molar-refractivity contribution in [1.29, 1.82) is 0 Å². The maximum Gasteiger partial charge on any atom is 0.232 e. The van der Waals surface area contributed by atoms with Crippen LogP contribution in [0.3, 0.4) is 0 Å². The van der Waals surface area contributed by atoms with Gasteiger partial charge in [0.05, 0.1) is 11.1 Å². The van der Waals surface area contributed by atoms with Crippen molar-refractivity contribution in [2.45, 2.75) is 0 Å². The van der Waals surface area contributed by atoms with Crippen molar-refractivity contribution in [1.82, 2.24) is 4.68 Å². The van der Waals surface area contributed by atoms with Gasteiger partial charge in [-0.3, -0.25) is 4.79 Å². The highest BCUT2D eigenvalue weighted by atomic mass is 32.1. The fraction of sp³-hybridized carbons (Fsp3) is 0.0870. The fourth-order valence-electron chi connectivity index (χ4n) is 3.11. The van der Waals surface area contributed by atoms with Gasteiger partial charge in [0.25, 0.3) is 0 Å². The Morgan fingerprint density at radius 3 is 2.57 bits per heavy atom. The zero-order chi connectivity index (χ0) is 21.3. The normalized spacial score (nSPS) is 14.5. The maximum absolute atomic E-state index is 12.5. The van der Waals surface area contributed by atoms with Crippen LogP contribution in [0.4, 0.5) is 5.69 Å². The number of thiazole rings is 1. The van der Waals surface area contributed by atoms with E-state index in [0.717, 1.165) is 22.4 Å². The summed E-state index contributed by atoms with van der Waals surface area (Å²) in [6.45, 7) is 0. The zero-order valence-corrected chi connectivity index (χ0v) is 18.1. The summed E-state index contributed by atoms with van der Waals surface area (Å²) in [5.41, 5.74) is 4.29. The summed E-state index contributed by atoms with van der Waals surface area (Å²) in [4.78, 5) is 15.0. The lowest BCUT2D eigenvalue weighted by Gasteiger charge is -2.12. The highest BCUT2D eigenvalue weighted by molar-refractivity contribution is 7.73. The first-order chi connectivity index (χ1) is 14.4. The van der Waals surface area contributed by atoms with Gasteiger partial charge in [0.15, 0.2) is 9.74 Å². The van der Waals surface area contributed by atoms with Gasteiger partial charge >= 0.3 is 0 Å². The van der Waals surface area contributed by atoms with E-state index in [1.807, 2.05) is 67.5 Å². The molecule has 150 valence electrons. The Hall–Kier alpha value is -3.29. The highest BCUT2D eigenvalue weighted by Gasteiger charge is 2.19. The lowest BCUT2D eigenvalue weighted by atomic mass is 9.91. The van der Waals surface area contributed by atoms with Crippen molar-refractivity contribution in [3.8, 4) is 5.88 Å². The van der Waals surface area contributed by atoms with Gasteiger partial charge in [-0.1, -0.05) is 53.8 Å². The summed E-state index contributed by atoms with van der Waals surface area (Å²) in [5.74, 6) is -0.193. The van der Waals surface area contributed by atoms with Crippen LogP contribution in [0.5, 0.6) is 5.88 Å². The molecule has 0 unspecified atom stereocenters. The van der Waals surface area contributed by atoms with E-state index in [0.29, 0.717) is 14.4 Å². The Morgan fingerprint density at radius 2 is 1.83 bits per heavy atom. The van der Waals surface area contributed by atoms with Crippen LogP contribution in [0.15, 0.2) is 59.7 Å². The minimum absolute atomic E-state index is 0.0847. The van der Waals surface area contributed by atoms with Gasteiger partial charge in [0, 0.05) is 25.4 Å². The van der Waals surface area contributed by atoms with E-state index in [9.17, 15) is 9.90 Å². The molecule has 0 bridgehead atoms. The van der Waals surface area contributed by atoms with E-state index in [4.69, 9.17) is 12.2 Å². The van der Waals surface area contributed by atoms with Crippen LogP contribution in [0.2, 0.25) is 0 Å². The molecule has 5 nitrogen and oxygen atoms in total. The van der Waals surface area contributed by atoms with Gasteiger partial charge < -0.3 is 10.0 Å². The van der Waals surface area contributed by atoms with Crippen LogP contribution >= 0.6 is 23.6 Å². The van der Waals surface area contributed by atoms with Crippen molar-refractivity contribution in [2.75, 3.05) is 19.0 Å². The molecule has 1 aliphatic carbocycles. The molecule has 3 aromatic rings. The lowest BCUT2D eigenvalue weighted by molar-refractivity contribution is -0.109. The summed E-state index contributed by atoms with van der Waals surface area (Å²) in [6, 6.07) is 15.5. The standard InChI is InChI=1S/C23H19N3O2S2/c1-25(2)17-10-7-15(8-11-17)14-24-26-22(28)21(30-23(26)29)13-19-18-6-4-3-5-16(18)9-12-20(19)27/h3-14,28H,1-2H3/b19-13-,24-14?. The average Bonchev–Trinajstić information content (AvgIpc) is 3.01. The van der Waals surface area contributed by atoms with Gasteiger partial charge in [0.1, 0.15) is 0 Å². The smallest absolute Gasteiger partial charge is 0.232 e. The SMILES string of the molecule is CN(C)c1ccc(C=Nn2c(O)c(/C=C3\C(=O)C=Cc4ccccc43)sc2=S)cc1. The summed E-state index contributed by atoms with van der Waals surface area (Å²) in [6.07, 6.45) is 6.66. The number of carbonyl (C=O) groups excluding carboxylic acids is 1. The maximum atomic E-state index is 12.5. The van der Waals surface area contributed by atoms with Crippen LogP contribution in [0.25, 0.3) is 17.7 Å². The molecule has 0 saturated carbocycles. The van der Waals surface area contributed by atoms with Gasteiger partial charge in [-0.25, -0.2) is 0 Å². The summed E-state index contributed by atoms with van der Waals surface area (Å²) < 4.78 is 1.70. The molecule has 1 aromatic heterocycles. The first-order valence-electron chi connectivity index (χ1n) is 9.24. The molecule has 0 spiro atoms. The lowest BCUT2D eigenvalue weighted by Crippen LogP contribution is -2.08. The number of hydrogen-bond acceptors (Lipinski definition) is 6. The minimum Gasteiger partial charge on any atom is -0.492 e. The second-order valence-corrected chi connectivity index (χ2v) is 8.62. The summed E-state index contributed by atoms with van der Waals surface area (Å²) >= 11 is 6.59. The Bertz CT molecular complexity index is 1260. The molecule has 4 rings (SSSR count). The van der Waals surface area contributed by atoms with E-state index in [2.05, 4.69) is 5.10 Å². The number of aromatic hydroxyl groups is 1. The van der Waals surface area contributed by atoms with Gasteiger partial charge in [-0.15, -0.1) is 0 Å². The molecular formula is C23H19N3O2S2. The third-order valence-corrected chi connectivity index (χ3v) is 6.02. The molecule has 0 atom stereocenters. The van der Waals surface area contributed by atoms with Crippen LogP contribution in [0, 0.1) is 3.95 Å². The Labute approximate surface area is 183 Å². The van der Waals surface area contributed by atoms with E-state index in [1.165, 1.54) is 22.1 Å². The van der Waals surface area contributed by atoms with Crippen LogP contribution in [-0.4, -0.2) is 35.9 Å². The van der Waals surface area contributed by atoms with Gasteiger partial charge in [0.2, 0.25) is 5.88 Å². The molecule has 0 aliphatic heterocycles. The van der Waals surface area contributed by atoms with E-state index < -0.39 is 0 Å². The van der Waals surface area contributed by atoms with Crippen molar-refractivity contribution < 1.29 is 9.90 Å². The second kappa shape index (κ2) is 8.22. The molecular weight excluding hydrogens is 414 g/mol. The number of rotatable bonds is 4. The molecule has 0 saturated heterocycles. The van der Waals surface area contributed by atoms with Crippen molar-refractivity contribution >= 4 is 59.0 Å². The number of allylic oxidation sites excluding steroid dienone is 2. The summed E-state index contributed by atoms with van der Waals surface area (Å²) in [7, 11) is 3.96. The zero-order valence-electron chi connectivity index (χ0n) is 16.4. The third kappa shape index (κ3) is 3.90. The first kappa shape index (κ1) is 20.0. The monoisotopic (exact) mass is 433 g/mol. The molecule has 0 radical (unpaired) electrons. The molecule has 0 amide bonds. The highest BCUT2D eigenvalue weighted by Crippen LogP contribution is 2.33. The number of carbonyl (C=O) groups is 1. The Kier molecular flexibility index (Phi) is 5.48. The Balaban J connectivity index is 1.68. The number of benzene rings is 2. The van der Waals surface area contributed by atoms with Gasteiger partial charge in [-0.2, -0.15) is 9.78 Å². The quantitative estimate of drug-likeness (QED) is 0.355. The van der Waals surface area contributed by atoms with Crippen molar-refractivity contribution in [3.05, 3.63) is 80.1 Å². The molecule has 1 aliphatic rings. The van der Waals surface area contributed by atoms with Crippen molar-refractivity contribution in [3.63, 3.8) is 0 Å². The number of fused-ring (bicyclic) bond motifs is 1. The molecule has 1 heterocycles. The minimum atomic E-state index is -0.108. The number of ketones is 1. The number of aromatic nitrogens is 1. The predicted octanol–water partition coefficient (Wildman–Crippen LogP) is 5.07. The van der Waals surface area contributed by atoms with Crippen molar-refractivity contribution in [2.24, 2.45) is 5.10 Å². The fourth-order valence-corrected chi connectivity index (χ4v) is 4.27. The molecule has 0 fully saturated rings. The van der Waals surface area contributed by atoms with Gasteiger partial charge in [-0.05, 0) is 53.2 Å². The molecule has 2 aromatic carbocycles. The molecule has 1 N–H and O–H groups in total. The molecule has 30 heavy (non-hydrogen) atoms. The largest absolute Gasteiger partial charge is 0.492 e. The number of nitrogens with zero attached hydrogens (tertiary/aromatic N) is 3. The number of hydrogen-bond donors (Lipinski definition) is 1. The van der Waals surface area contributed by atoms with Crippen LogP contribution < -0.4 is 4.90 Å². The molecule has 7 heteroatoms. The predicted molar refractivity (Wildman–Crippen MR) is 127 cm³/mol. The first-order valence-corrected chi connectivity index (χ1v) is 10.5. The van der Waals surface area contributed by atoms with Crippen LogP contribution in [-0.2, 0) is 4.79 Å². The topological polar surface area (TPSA) is 57.8 Å². The summed E-state index contributed by atoms with van der Waals surface area (Å²) in [5, 5.41) is 15.0. The average molecular weight is 434 g/mol. The van der Waals surface area contributed by atoms with Crippen LogP contribution in [0.1, 0.15) is 21.6 Å². The Morgan fingerprint density at radius 1 is 1.10 bits per heavy atom. The third-order valence-electron chi connectivity index (χ3n) is 4.73. The van der Waals surface area contributed by atoms with E-state index in [1.54, 1.807) is 18.4 Å².